The van der Waals surface area contributed by atoms with Gasteiger partial charge in [0.2, 0.25) is 0 Å². The summed E-state index contributed by atoms with van der Waals surface area (Å²) in [7, 11) is 3.11. The first-order valence-corrected chi connectivity index (χ1v) is 7.71. The Hall–Kier alpha value is -1.46. The third-order valence-electron chi connectivity index (χ3n) is 5.73. The second-order valence-corrected chi connectivity index (χ2v) is 7.02. The zero-order valence-electron chi connectivity index (χ0n) is 13.3. The van der Waals surface area contributed by atoms with Gasteiger partial charge in [0, 0.05) is 29.5 Å². The summed E-state index contributed by atoms with van der Waals surface area (Å²) in [5, 5.41) is 0. The van der Waals surface area contributed by atoms with E-state index in [2.05, 4.69) is 0 Å². The first kappa shape index (κ1) is 16.4. The number of fused-ring (bicyclic) bond motifs is 1. The summed E-state index contributed by atoms with van der Waals surface area (Å²) >= 11 is 0. The first-order chi connectivity index (χ1) is 10.5. The van der Waals surface area contributed by atoms with Gasteiger partial charge in [-0.05, 0) is 25.3 Å². The molecule has 0 saturated heterocycles. The van der Waals surface area contributed by atoms with Crippen LogP contribution < -0.4 is 15.2 Å². The molecule has 6 heteroatoms. The van der Waals surface area contributed by atoms with Crippen molar-refractivity contribution in [3.8, 4) is 11.5 Å². The number of benzene rings is 1. The van der Waals surface area contributed by atoms with Gasteiger partial charge >= 0.3 is 5.97 Å². The van der Waals surface area contributed by atoms with Gasteiger partial charge in [0.1, 0.15) is 17.6 Å². The summed E-state index contributed by atoms with van der Waals surface area (Å²) in [4.78, 5) is 11.8. The van der Waals surface area contributed by atoms with E-state index in [4.69, 9.17) is 19.9 Å². The molecule has 1 aromatic rings. The number of carbonyl (C=O) groups excluding carboxylic acids is 1. The van der Waals surface area contributed by atoms with Crippen molar-refractivity contribution < 1.29 is 19.0 Å². The van der Waals surface area contributed by atoms with Crippen molar-refractivity contribution >= 4 is 18.4 Å². The topological polar surface area (TPSA) is 70.8 Å². The molecule has 3 saturated carbocycles. The van der Waals surface area contributed by atoms with E-state index in [1.54, 1.807) is 7.11 Å². The fourth-order valence-electron chi connectivity index (χ4n) is 4.62. The average molecular weight is 340 g/mol. The number of carbonyl (C=O) groups is 1. The summed E-state index contributed by atoms with van der Waals surface area (Å²) in [5.41, 5.74) is 7.23. The maximum atomic E-state index is 11.8. The lowest BCUT2D eigenvalue weighted by Gasteiger charge is -2.71. The maximum Gasteiger partial charge on any atom is 0.311 e. The predicted octanol–water partition coefficient (Wildman–Crippen LogP) is 2.61. The van der Waals surface area contributed by atoms with Crippen molar-refractivity contribution in [2.45, 2.75) is 37.8 Å². The number of esters is 1. The monoisotopic (exact) mass is 339 g/mol. The number of ether oxygens (including phenoxy) is 3. The second kappa shape index (κ2) is 5.28. The van der Waals surface area contributed by atoms with E-state index in [9.17, 15) is 4.79 Å². The van der Waals surface area contributed by atoms with Crippen molar-refractivity contribution in [2.75, 3.05) is 14.2 Å². The highest BCUT2D eigenvalue weighted by Gasteiger charge is 2.75. The summed E-state index contributed by atoms with van der Waals surface area (Å²) in [5.74, 6) is 1.52. The van der Waals surface area contributed by atoms with E-state index in [0.717, 1.165) is 42.7 Å². The van der Waals surface area contributed by atoms with Gasteiger partial charge < -0.3 is 19.9 Å². The Morgan fingerprint density at radius 2 is 2.00 bits per heavy atom. The van der Waals surface area contributed by atoms with Crippen molar-refractivity contribution in [1.82, 2.24) is 0 Å². The molecule has 0 aromatic heterocycles. The Labute approximate surface area is 141 Å². The molecule has 0 unspecified atom stereocenters. The first-order valence-electron chi connectivity index (χ1n) is 7.71. The van der Waals surface area contributed by atoms with Crippen molar-refractivity contribution in [3.05, 3.63) is 23.8 Å². The van der Waals surface area contributed by atoms with Gasteiger partial charge in [-0.3, -0.25) is 4.79 Å². The van der Waals surface area contributed by atoms with E-state index in [0.29, 0.717) is 0 Å². The van der Waals surface area contributed by atoms with Gasteiger partial charge in [0.25, 0.3) is 0 Å². The second-order valence-electron chi connectivity index (χ2n) is 7.02. The zero-order valence-corrected chi connectivity index (χ0v) is 14.2. The van der Waals surface area contributed by atoms with Crippen LogP contribution in [0.15, 0.2) is 18.2 Å². The van der Waals surface area contributed by atoms with Crippen molar-refractivity contribution in [3.63, 3.8) is 0 Å². The molecule has 0 amide bonds. The van der Waals surface area contributed by atoms with Crippen LogP contribution in [0, 0.1) is 10.8 Å². The molecule has 1 aromatic carbocycles. The number of nitrogens with two attached hydrogens (primary N) is 1. The van der Waals surface area contributed by atoms with Crippen molar-refractivity contribution in [2.24, 2.45) is 16.6 Å². The highest BCUT2D eigenvalue weighted by molar-refractivity contribution is 5.85. The van der Waals surface area contributed by atoms with Crippen LogP contribution in [0.3, 0.4) is 0 Å². The molecular formula is C17H22ClNO4. The zero-order chi connectivity index (χ0) is 15.5. The van der Waals surface area contributed by atoms with E-state index in [1.807, 2.05) is 18.2 Å². The lowest BCUT2D eigenvalue weighted by Crippen LogP contribution is -2.71. The molecule has 2 N–H and O–H groups in total. The SMILES string of the molecule is COC(=O)C12CC([C@H]3C[C@@H](N)c4ccc(OC)cc4O3)(C1)C2.Cl. The number of rotatable bonds is 3. The predicted molar refractivity (Wildman–Crippen MR) is 86.9 cm³/mol. The Kier molecular flexibility index (Phi) is 3.76. The summed E-state index contributed by atoms with van der Waals surface area (Å²) in [6, 6.07) is 5.77. The van der Waals surface area contributed by atoms with E-state index < -0.39 is 0 Å². The highest BCUT2D eigenvalue weighted by Crippen LogP contribution is 2.76. The summed E-state index contributed by atoms with van der Waals surface area (Å²) in [6.07, 6.45) is 3.47. The van der Waals surface area contributed by atoms with Gasteiger partial charge in [-0.25, -0.2) is 0 Å². The summed E-state index contributed by atoms with van der Waals surface area (Å²) in [6.45, 7) is 0. The molecule has 4 aliphatic rings. The van der Waals surface area contributed by atoms with E-state index >= 15 is 0 Å². The molecule has 0 radical (unpaired) electrons. The Morgan fingerprint density at radius 3 is 2.61 bits per heavy atom. The Morgan fingerprint density at radius 1 is 1.30 bits per heavy atom. The van der Waals surface area contributed by atoms with Gasteiger partial charge in [-0.1, -0.05) is 6.07 Å². The molecular weight excluding hydrogens is 318 g/mol. The number of hydrogen-bond acceptors (Lipinski definition) is 5. The molecule has 1 aliphatic heterocycles. The molecule has 5 nitrogen and oxygen atoms in total. The third-order valence-corrected chi connectivity index (χ3v) is 5.73. The number of hydrogen-bond donors (Lipinski definition) is 1. The van der Waals surface area contributed by atoms with Gasteiger partial charge in [0.15, 0.2) is 0 Å². The minimum Gasteiger partial charge on any atom is -0.497 e. The third kappa shape index (κ3) is 2.13. The average Bonchev–Trinajstić information content (AvgIpc) is 2.43. The molecule has 126 valence electrons. The quantitative estimate of drug-likeness (QED) is 0.857. The van der Waals surface area contributed by atoms with Gasteiger partial charge in [-0.2, -0.15) is 0 Å². The molecule has 2 atom stereocenters. The Bertz CT molecular complexity index is 628. The molecule has 1 heterocycles. The Balaban J connectivity index is 0.00000156. The lowest BCUT2D eigenvalue weighted by molar-refractivity contribution is -0.256. The molecule has 2 bridgehead atoms. The van der Waals surface area contributed by atoms with Crippen LogP contribution in [0.1, 0.15) is 37.3 Å². The van der Waals surface area contributed by atoms with Crippen LogP contribution in [0.25, 0.3) is 0 Å². The normalized spacial score (nSPS) is 36.3. The molecule has 3 aliphatic carbocycles. The maximum absolute atomic E-state index is 11.8. The fourth-order valence-corrected chi connectivity index (χ4v) is 4.62. The van der Waals surface area contributed by atoms with Crippen LogP contribution in [-0.2, 0) is 9.53 Å². The minimum atomic E-state index is -0.239. The smallest absolute Gasteiger partial charge is 0.311 e. The summed E-state index contributed by atoms with van der Waals surface area (Å²) < 4.78 is 16.4. The minimum absolute atomic E-state index is 0. The van der Waals surface area contributed by atoms with Crippen LogP contribution in [0.2, 0.25) is 0 Å². The standard InChI is InChI=1S/C17H21NO4.ClH/c1-20-10-3-4-11-12(18)6-14(22-13(11)5-10)16-7-17(8-16,9-16)15(19)21-2;/h3-5,12,14H,6-9,18H2,1-2H3;1H/t12-,14-,16?,17?;/m1./s1. The lowest BCUT2D eigenvalue weighted by atomic mass is 9.33. The highest BCUT2D eigenvalue weighted by atomic mass is 35.5. The van der Waals surface area contributed by atoms with Gasteiger partial charge in [-0.15, -0.1) is 12.4 Å². The number of methoxy groups -OCH3 is 2. The van der Waals surface area contributed by atoms with Crippen LogP contribution in [0.5, 0.6) is 11.5 Å². The number of halogens is 1. The van der Waals surface area contributed by atoms with Crippen LogP contribution >= 0.6 is 12.4 Å². The van der Waals surface area contributed by atoms with Crippen LogP contribution in [0.4, 0.5) is 0 Å². The molecule has 0 spiro atoms. The fraction of sp³-hybridized carbons (Fsp3) is 0.588. The van der Waals surface area contributed by atoms with E-state index in [-0.39, 0.29) is 41.4 Å². The van der Waals surface area contributed by atoms with Crippen molar-refractivity contribution in [1.29, 1.82) is 0 Å². The molecule has 5 rings (SSSR count). The molecule has 23 heavy (non-hydrogen) atoms. The largest absolute Gasteiger partial charge is 0.497 e. The van der Waals surface area contributed by atoms with Crippen LogP contribution in [-0.4, -0.2) is 26.3 Å². The van der Waals surface area contributed by atoms with E-state index in [1.165, 1.54) is 7.11 Å². The van der Waals surface area contributed by atoms with Gasteiger partial charge in [0.05, 0.1) is 19.6 Å². The molecule has 3 fully saturated rings.